The van der Waals surface area contributed by atoms with E-state index in [4.69, 9.17) is 5.73 Å². The Balaban J connectivity index is 1.80. The van der Waals surface area contributed by atoms with Crippen molar-refractivity contribution in [2.45, 2.75) is 31.8 Å². The predicted octanol–water partition coefficient (Wildman–Crippen LogP) is 1.89. The Hall–Kier alpha value is -1.06. The number of likely N-dealkylation sites (N-methyl/N-ethyl adjacent to an activating group) is 1. The summed E-state index contributed by atoms with van der Waals surface area (Å²) in [6.07, 6.45) is 2.45. The highest BCUT2D eigenvalue weighted by Gasteiger charge is 2.31. The van der Waals surface area contributed by atoms with Gasteiger partial charge in [-0.15, -0.1) is 0 Å². The van der Waals surface area contributed by atoms with E-state index < -0.39 is 0 Å². The van der Waals surface area contributed by atoms with Crippen molar-refractivity contribution < 1.29 is 0 Å². The Bertz CT molecular complexity index is 443. The van der Waals surface area contributed by atoms with E-state index in [-0.39, 0.29) is 0 Å². The Labute approximate surface area is 110 Å². The van der Waals surface area contributed by atoms with Crippen LogP contribution in [0, 0.1) is 0 Å². The van der Waals surface area contributed by atoms with Gasteiger partial charge >= 0.3 is 0 Å². The second kappa shape index (κ2) is 4.56. The van der Waals surface area contributed by atoms with E-state index in [2.05, 4.69) is 42.0 Å². The molecule has 0 saturated carbocycles. The number of nitrogens with two attached hydrogens (primary N) is 1. The first kappa shape index (κ1) is 12.0. The maximum atomic E-state index is 5.87. The molecule has 1 aliphatic heterocycles. The van der Waals surface area contributed by atoms with Crippen LogP contribution in [0.15, 0.2) is 18.2 Å². The summed E-state index contributed by atoms with van der Waals surface area (Å²) in [5, 5.41) is 0. The minimum atomic E-state index is 0.622. The third kappa shape index (κ3) is 2.02. The van der Waals surface area contributed by atoms with Crippen molar-refractivity contribution in [2.24, 2.45) is 0 Å². The van der Waals surface area contributed by atoms with Crippen molar-refractivity contribution in [1.82, 2.24) is 9.80 Å². The summed E-state index contributed by atoms with van der Waals surface area (Å²) in [5.41, 5.74) is 9.76. The van der Waals surface area contributed by atoms with E-state index in [0.29, 0.717) is 12.1 Å². The molecule has 18 heavy (non-hydrogen) atoms. The molecule has 1 fully saturated rings. The van der Waals surface area contributed by atoms with Gasteiger partial charge in [-0.05, 0) is 50.1 Å². The lowest BCUT2D eigenvalue weighted by atomic mass is 10.0. The highest BCUT2D eigenvalue weighted by atomic mass is 15.3. The Kier molecular flexibility index (Phi) is 3.04. The SMILES string of the molecule is CC1CN(C2CCc3cc(N)ccc32)CCN1C. The van der Waals surface area contributed by atoms with Crippen LogP contribution < -0.4 is 5.73 Å². The highest BCUT2D eigenvalue weighted by molar-refractivity contribution is 5.47. The molecule has 2 atom stereocenters. The molecule has 1 aromatic rings. The fourth-order valence-corrected chi connectivity index (χ4v) is 3.35. The molecule has 0 amide bonds. The lowest BCUT2D eigenvalue weighted by molar-refractivity contribution is 0.0719. The zero-order valence-electron chi connectivity index (χ0n) is 11.4. The molecule has 2 N–H and O–H groups in total. The van der Waals surface area contributed by atoms with Gasteiger partial charge in [-0.1, -0.05) is 6.07 Å². The van der Waals surface area contributed by atoms with Crippen molar-refractivity contribution in [3.8, 4) is 0 Å². The van der Waals surface area contributed by atoms with Crippen molar-refractivity contribution in [2.75, 3.05) is 32.4 Å². The lowest BCUT2D eigenvalue weighted by Gasteiger charge is -2.41. The molecule has 0 bridgehead atoms. The standard InChI is InChI=1S/C15H23N3/c1-11-10-18(8-7-17(11)2)15-6-3-12-9-13(16)4-5-14(12)15/h4-5,9,11,15H,3,6-8,10,16H2,1-2H3. The molecule has 2 aliphatic rings. The Morgan fingerprint density at radius 1 is 1.28 bits per heavy atom. The van der Waals surface area contributed by atoms with Crippen molar-refractivity contribution >= 4 is 5.69 Å². The molecule has 0 radical (unpaired) electrons. The molecular formula is C15H23N3. The molecule has 1 heterocycles. The first-order valence-corrected chi connectivity index (χ1v) is 6.98. The summed E-state index contributed by atoms with van der Waals surface area (Å²) in [6, 6.07) is 7.74. The summed E-state index contributed by atoms with van der Waals surface area (Å²) in [6.45, 7) is 5.88. The summed E-state index contributed by atoms with van der Waals surface area (Å²) < 4.78 is 0. The molecule has 1 aliphatic carbocycles. The van der Waals surface area contributed by atoms with Gasteiger partial charge in [0, 0.05) is 37.4 Å². The summed E-state index contributed by atoms with van der Waals surface area (Å²) in [5.74, 6) is 0. The summed E-state index contributed by atoms with van der Waals surface area (Å²) in [4.78, 5) is 5.11. The van der Waals surface area contributed by atoms with Crippen molar-refractivity contribution in [3.63, 3.8) is 0 Å². The van der Waals surface area contributed by atoms with Gasteiger partial charge < -0.3 is 10.6 Å². The average molecular weight is 245 g/mol. The average Bonchev–Trinajstić information content (AvgIpc) is 2.75. The van der Waals surface area contributed by atoms with Crippen molar-refractivity contribution in [3.05, 3.63) is 29.3 Å². The zero-order valence-corrected chi connectivity index (χ0v) is 11.4. The van der Waals surface area contributed by atoms with Crippen LogP contribution in [0.25, 0.3) is 0 Å². The number of rotatable bonds is 1. The highest BCUT2D eigenvalue weighted by Crippen LogP contribution is 2.37. The number of benzene rings is 1. The zero-order chi connectivity index (χ0) is 12.7. The molecule has 2 unspecified atom stereocenters. The molecule has 3 rings (SSSR count). The Morgan fingerprint density at radius 2 is 2.11 bits per heavy atom. The van der Waals surface area contributed by atoms with Gasteiger partial charge in [-0.2, -0.15) is 0 Å². The molecule has 98 valence electrons. The van der Waals surface area contributed by atoms with Crippen LogP contribution in [0.4, 0.5) is 5.69 Å². The summed E-state index contributed by atoms with van der Waals surface area (Å²) in [7, 11) is 2.23. The number of nitrogens with zero attached hydrogens (tertiary/aromatic N) is 2. The quantitative estimate of drug-likeness (QED) is 0.767. The number of fused-ring (bicyclic) bond motifs is 1. The molecule has 1 saturated heterocycles. The van der Waals surface area contributed by atoms with Crippen LogP contribution in [0.1, 0.15) is 30.5 Å². The Morgan fingerprint density at radius 3 is 2.89 bits per heavy atom. The first-order valence-electron chi connectivity index (χ1n) is 6.98. The maximum Gasteiger partial charge on any atom is 0.0355 e. The van der Waals surface area contributed by atoms with Gasteiger partial charge in [-0.25, -0.2) is 0 Å². The minimum Gasteiger partial charge on any atom is -0.399 e. The van der Waals surface area contributed by atoms with Gasteiger partial charge in [0.25, 0.3) is 0 Å². The van der Waals surface area contributed by atoms with E-state index in [0.717, 1.165) is 5.69 Å². The number of aryl methyl sites for hydroxylation is 1. The molecule has 3 nitrogen and oxygen atoms in total. The van der Waals surface area contributed by atoms with Crippen LogP contribution >= 0.6 is 0 Å². The van der Waals surface area contributed by atoms with E-state index in [1.54, 1.807) is 0 Å². The molecular weight excluding hydrogens is 222 g/mol. The van der Waals surface area contributed by atoms with E-state index >= 15 is 0 Å². The minimum absolute atomic E-state index is 0.622. The smallest absolute Gasteiger partial charge is 0.0355 e. The van der Waals surface area contributed by atoms with Gasteiger partial charge in [0.1, 0.15) is 0 Å². The number of hydrogen-bond acceptors (Lipinski definition) is 3. The fourth-order valence-electron chi connectivity index (χ4n) is 3.35. The monoisotopic (exact) mass is 245 g/mol. The summed E-state index contributed by atoms with van der Waals surface area (Å²) >= 11 is 0. The van der Waals surface area contributed by atoms with Crippen LogP contribution in [0.5, 0.6) is 0 Å². The molecule has 1 aromatic carbocycles. The number of piperazine rings is 1. The maximum absolute atomic E-state index is 5.87. The second-order valence-electron chi connectivity index (χ2n) is 5.84. The number of anilines is 1. The van der Waals surface area contributed by atoms with E-state index in [1.165, 1.54) is 43.6 Å². The first-order chi connectivity index (χ1) is 8.65. The van der Waals surface area contributed by atoms with Crippen molar-refractivity contribution in [1.29, 1.82) is 0 Å². The topological polar surface area (TPSA) is 32.5 Å². The van der Waals surface area contributed by atoms with E-state index in [1.807, 2.05) is 0 Å². The number of nitrogen functional groups attached to an aromatic ring is 1. The largest absolute Gasteiger partial charge is 0.399 e. The van der Waals surface area contributed by atoms with Gasteiger partial charge in [0.15, 0.2) is 0 Å². The normalized spacial score (nSPS) is 29.4. The van der Waals surface area contributed by atoms with Crippen LogP contribution in [-0.4, -0.2) is 42.5 Å². The van der Waals surface area contributed by atoms with Gasteiger partial charge in [0.05, 0.1) is 0 Å². The predicted molar refractivity (Wildman–Crippen MR) is 75.6 cm³/mol. The lowest BCUT2D eigenvalue weighted by Crippen LogP contribution is -2.50. The van der Waals surface area contributed by atoms with Crippen LogP contribution in [-0.2, 0) is 6.42 Å². The van der Waals surface area contributed by atoms with Crippen LogP contribution in [0.3, 0.4) is 0 Å². The third-order valence-corrected chi connectivity index (χ3v) is 4.65. The molecule has 0 spiro atoms. The third-order valence-electron chi connectivity index (χ3n) is 4.65. The van der Waals surface area contributed by atoms with E-state index in [9.17, 15) is 0 Å². The second-order valence-corrected chi connectivity index (χ2v) is 5.84. The fraction of sp³-hybridized carbons (Fsp3) is 0.600. The van der Waals surface area contributed by atoms with Gasteiger partial charge in [0.2, 0.25) is 0 Å². The molecule has 3 heteroatoms. The van der Waals surface area contributed by atoms with Crippen LogP contribution in [0.2, 0.25) is 0 Å². The number of hydrogen-bond donors (Lipinski definition) is 1. The molecule has 0 aromatic heterocycles. The van der Waals surface area contributed by atoms with Gasteiger partial charge in [-0.3, -0.25) is 4.90 Å².